The van der Waals surface area contributed by atoms with Gasteiger partial charge in [-0.2, -0.15) is 0 Å². The van der Waals surface area contributed by atoms with E-state index in [0.29, 0.717) is 12.1 Å². The molecule has 0 spiro atoms. The number of hydrogen-bond acceptors (Lipinski definition) is 2. The summed E-state index contributed by atoms with van der Waals surface area (Å²) in [4.78, 5) is 14.3. The first-order chi connectivity index (χ1) is 9.19. The Hall–Kier alpha value is -0.570. The van der Waals surface area contributed by atoms with Crippen molar-refractivity contribution in [2.24, 2.45) is 0 Å². The number of unbranched alkanes of at least 4 members (excludes halogenated alkanes) is 1. The van der Waals surface area contributed by atoms with Gasteiger partial charge in [0.05, 0.1) is 6.10 Å². The van der Waals surface area contributed by atoms with Crippen LogP contribution >= 0.6 is 0 Å². The summed E-state index contributed by atoms with van der Waals surface area (Å²) in [6.07, 6.45) is 9.64. The zero-order valence-electron chi connectivity index (χ0n) is 13.0. The maximum Gasteiger partial charge on any atom is 0.248 e. The molecule has 0 aromatic heterocycles. The normalized spacial score (nSPS) is 18.3. The van der Waals surface area contributed by atoms with E-state index >= 15 is 0 Å². The quantitative estimate of drug-likeness (QED) is 0.671. The molecular weight excluding hydrogens is 238 g/mol. The highest BCUT2D eigenvalue weighted by Crippen LogP contribution is 2.20. The minimum atomic E-state index is 0.174. The first kappa shape index (κ1) is 16.5. The van der Waals surface area contributed by atoms with Crippen molar-refractivity contribution in [3.63, 3.8) is 0 Å². The number of carbonyl (C=O) groups is 1. The van der Waals surface area contributed by atoms with E-state index in [2.05, 4.69) is 20.8 Å². The average Bonchev–Trinajstić information content (AvgIpc) is 2.46. The second kappa shape index (κ2) is 9.35. The van der Waals surface area contributed by atoms with Crippen molar-refractivity contribution in [2.45, 2.75) is 84.3 Å². The highest BCUT2D eigenvalue weighted by molar-refractivity contribution is 5.77. The Balaban J connectivity index is 2.37. The third-order valence-electron chi connectivity index (χ3n) is 4.19. The van der Waals surface area contributed by atoms with Crippen molar-refractivity contribution >= 4 is 5.91 Å². The summed E-state index contributed by atoms with van der Waals surface area (Å²) in [6, 6.07) is 0.328. The van der Waals surface area contributed by atoms with Gasteiger partial charge < -0.3 is 9.64 Å². The van der Waals surface area contributed by atoms with Gasteiger partial charge in [0.15, 0.2) is 0 Å². The molecule has 0 bridgehead atoms. The molecular formula is C16H31NO2. The van der Waals surface area contributed by atoms with Crippen molar-refractivity contribution in [2.75, 3.05) is 13.2 Å². The van der Waals surface area contributed by atoms with Gasteiger partial charge in [0, 0.05) is 12.6 Å². The van der Waals surface area contributed by atoms with E-state index in [4.69, 9.17) is 4.74 Å². The van der Waals surface area contributed by atoms with Crippen LogP contribution in [0.3, 0.4) is 0 Å². The maximum atomic E-state index is 12.3. The molecule has 0 aliphatic heterocycles. The zero-order valence-corrected chi connectivity index (χ0v) is 13.0. The van der Waals surface area contributed by atoms with Crippen molar-refractivity contribution in [1.29, 1.82) is 0 Å². The van der Waals surface area contributed by atoms with Crippen molar-refractivity contribution in [3.05, 3.63) is 0 Å². The lowest BCUT2D eigenvalue weighted by Gasteiger charge is -2.30. The van der Waals surface area contributed by atoms with Crippen molar-refractivity contribution in [3.8, 4) is 0 Å². The van der Waals surface area contributed by atoms with Crippen LogP contribution in [0.4, 0.5) is 0 Å². The van der Waals surface area contributed by atoms with E-state index in [0.717, 1.165) is 38.6 Å². The van der Waals surface area contributed by atoms with Crippen LogP contribution in [-0.2, 0) is 9.53 Å². The summed E-state index contributed by atoms with van der Waals surface area (Å²) in [5.41, 5.74) is 0. The molecule has 1 fully saturated rings. The first-order valence-corrected chi connectivity index (χ1v) is 8.10. The SMILES string of the molecule is CCCCN(C(=O)COC1CCCCC1)C(C)CC. The molecule has 0 saturated heterocycles. The molecule has 112 valence electrons. The standard InChI is InChI=1S/C16H31NO2/c1-4-6-12-17(14(3)5-2)16(18)13-19-15-10-8-7-9-11-15/h14-15H,4-13H2,1-3H3. The van der Waals surface area contributed by atoms with Gasteiger partial charge in [-0.1, -0.05) is 39.5 Å². The molecule has 1 aliphatic carbocycles. The molecule has 1 aliphatic rings. The number of hydrogen-bond donors (Lipinski definition) is 0. The monoisotopic (exact) mass is 269 g/mol. The summed E-state index contributed by atoms with van der Waals surface area (Å²) >= 11 is 0. The summed E-state index contributed by atoms with van der Waals surface area (Å²) in [7, 11) is 0. The Morgan fingerprint density at radius 1 is 1.26 bits per heavy atom. The van der Waals surface area contributed by atoms with Crippen LogP contribution in [0.25, 0.3) is 0 Å². The van der Waals surface area contributed by atoms with Crippen LogP contribution in [0.1, 0.15) is 72.1 Å². The smallest absolute Gasteiger partial charge is 0.248 e. The number of carbonyl (C=O) groups excluding carboxylic acids is 1. The molecule has 1 atom stereocenters. The van der Waals surface area contributed by atoms with E-state index in [1.807, 2.05) is 4.90 Å². The molecule has 1 amide bonds. The van der Waals surface area contributed by atoms with Gasteiger partial charge in [-0.3, -0.25) is 4.79 Å². The lowest BCUT2D eigenvalue weighted by Crippen LogP contribution is -2.41. The number of amides is 1. The number of rotatable bonds is 8. The third-order valence-corrected chi connectivity index (χ3v) is 4.19. The van der Waals surface area contributed by atoms with Gasteiger partial charge in [-0.15, -0.1) is 0 Å². The Morgan fingerprint density at radius 3 is 2.53 bits per heavy atom. The van der Waals surface area contributed by atoms with Crippen LogP contribution in [-0.4, -0.2) is 36.1 Å². The van der Waals surface area contributed by atoms with E-state index in [1.54, 1.807) is 0 Å². The molecule has 0 radical (unpaired) electrons. The molecule has 0 heterocycles. The van der Waals surface area contributed by atoms with E-state index in [1.165, 1.54) is 19.3 Å². The summed E-state index contributed by atoms with van der Waals surface area (Å²) in [6.45, 7) is 7.59. The van der Waals surface area contributed by atoms with Gasteiger partial charge in [0.25, 0.3) is 0 Å². The van der Waals surface area contributed by atoms with E-state index in [-0.39, 0.29) is 12.5 Å². The molecule has 0 N–H and O–H groups in total. The molecule has 3 heteroatoms. The van der Waals surface area contributed by atoms with E-state index in [9.17, 15) is 4.79 Å². The van der Waals surface area contributed by atoms with Crippen molar-refractivity contribution in [1.82, 2.24) is 4.90 Å². The second-order valence-corrected chi connectivity index (χ2v) is 5.77. The minimum Gasteiger partial charge on any atom is -0.368 e. The van der Waals surface area contributed by atoms with Crippen LogP contribution in [0.15, 0.2) is 0 Å². The molecule has 3 nitrogen and oxygen atoms in total. The van der Waals surface area contributed by atoms with Gasteiger partial charge in [-0.05, 0) is 32.6 Å². The molecule has 0 aromatic rings. The molecule has 1 unspecified atom stereocenters. The summed E-state index contributed by atoms with van der Waals surface area (Å²) in [5.74, 6) is 0.174. The van der Waals surface area contributed by atoms with Gasteiger partial charge in [0.1, 0.15) is 6.61 Å². The highest BCUT2D eigenvalue weighted by atomic mass is 16.5. The molecule has 0 aromatic carbocycles. The van der Waals surface area contributed by atoms with Gasteiger partial charge >= 0.3 is 0 Å². The van der Waals surface area contributed by atoms with E-state index < -0.39 is 0 Å². The predicted molar refractivity (Wildman–Crippen MR) is 79.2 cm³/mol. The van der Waals surface area contributed by atoms with Crippen LogP contribution in [0.5, 0.6) is 0 Å². The van der Waals surface area contributed by atoms with Gasteiger partial charge in [0.2, 0.25) is 5.91 Å². The third kappa shape index (κ3) is 5.94. The fourth-order valence-electron chi connectivity index (χ4n) is 2.64. The second-order valence-electron chi connectivity index (χ2n) is 5.77. The molecule has 1 saturated carbocycles. The highest BCUT2D eigenvalue weighted by Gasteiger charge is 2.21. The fraction of sp³-hybridized carbons (Fsp3) is 0.938. The van der Waals surface area contributed by atoms with Crippen molar-refractivity contribution < 1.29 is 9.53 Å². The topological polar surface area (TPSA) is 29.5 Å². The first-order valence-electron chi connectivity index (χ1n) is 8.10. The molecule has 1 rings (SSSR count). The lowest BCUT2D eigenvalue weighted by atomic mass is 9.98. The Morgan fingerprint density at radius 2 is 1.95 bits per heavy atom. The predicted octanol–water partition coefficient (Wildman–Crippen LogP) is 3.76. The minimum absolute atomic E-state index is 0.174. The lowest BCUT2D eigenvalue weighted by molar-refractivity contribution is -0.141. The van der Waals surface area contributed by atoms with Crippen LogP contribution in [0, 0.1) is 0 Å². The Labute approximate surface area is 118 Å². The van der Waals surface area contributed by atoms with Crippen LogP contribution in [0.2, 0.25) is 0 Å². The average molecular weight is 269 g/mol. The van der Waals surface area contributed by atoms with Crippen LogP contribution < -0.4 is 0 Å². The fourth-order valence-corrected chi connectivity index (χ4v) is 2.64. The largest absolute Gasteiger partial charge is 0.368 e. The summed E-state index contributed by atoms with van der Waals surface area (Å²) in [5, 5.41) is 0. The Bertz CT molecular complexity index is 249. The zero-order chi connectivity index (χ0) is 14.1. The maximum absolute atomic E-state index is 12.3. The number of nitrogens with zero attached hydrogens (tertiary/aromatic N) is 1. The summed E-state index contributed by atoms with van der Waals surface area (Å²) < 4.78 is 5.81. The molecule has 19 heavy (non-hydrogen) atoms. The van der Waals surface area contributed by atoms with Gasteiger partial charge in [-0.25, -0.2) is 0 Å². The number of ether oxygens (including phenoxy) is 1. The Kier molecular flexibility index (Phi) is 8.11.